The SMILES string of the molecule is CCCCCCCCCCNCCCCCCCC(CCCCCCCC)CCCCCCCNC(=O)C(F)(F)F. The molecule has 0 radical (unpaired) electrons. The van der Waals surface area contributed by atoms with Crippen molar-refractivity contribution in [3.8, 4) is 0 Å². The van der Waals surface area contributed by atoms with Crippen LogP contribution in [0.2, 0.25) is 0 Å². The van der Waals surface area contributed by atoms with Crippen molar-refractivity contribution in [1.82, 2.24) is 10.6 Å². The molecular formula is C35H69F3N2O. The van der Waals surface area contributed by atoms with Crippen LogP contribution in [-0.2, 0) is 4.79 Å². The van der Waals surface area contributed by atoms with Crippen LogP contribution in [0.15, 0.2) is 0 Å². The minimum absolute atomic E-state index is 0.119. The number of alkyl halides is 3. The van der Waals surface area contributed by atoms with Crippen molar-refractivity contribution in [1.29, 1.82) is 0 Å². The van der Waals surface area contributed by atoms with Gasteiger partial charge in [0.1, 0.15) is 0 Å². The first-order valence-corrected chi connectivity index (χ1v) is 18.0. The lowest BCUT2D eigenvalue weighted by molar-refractivity contribution is -0.173. The maximum atomic E-state index is 12.2. The minimum Gasteiger partial charge on any atom is -0.348 e. The Morgan fingerprint density at radius 2 is 0.805 bits per heavy atom. The summed E-state index contributed by atoms with van der Waals surface area (Å²) in [6, 6.07) is 0. The molecule has 1 unspecified atom stereocenters. The molecule has 0 aliphatic carbocycles. The molecule has 6 heteroatoms. The highest BCUT2D eigenvalue weighted by atomic mass is 19.4. The molecule has 2 N–H and O–H groups in total. The molecule has 0 aromatic heterocycles. The molecular weight excluding hydrogens is 521 g/mol. The van der Waals surface area contributed by atoms with Crippen molar-refractivity contribution in [3.63, 3.8) is 0 Å². The zero-order valence-electron chi connectivity index (χ0n) is 27.3. The molecule has 0 saturated carbocycles. The Hall–Kier alpha value is -0.780. The summed E-state index contributed by atoms with van der Waals surface area (Å²) in [5, 5.41) is 5.61. The molecule has 0 bridgehead atoms. The van der Waals surface area contributed by atoms with Crippen molar-refractivity contribution in [3.05, 3.63) is 0 Å². The van der Waals surface area contributed by atoms with Crippen LogP contribution in [0.3, 0.4) is 0 Å². The summed E-state index contributed by atoms with van der Waals surface area (Å²) in [5.74, 6) is -0.985. The van der Waals surface area contributed by atoms with E-state index in [4.69, 9.17) is 0 Å². The largest absolute Gasteiger partial charge is 0.471 e. The molecule has 0 spiro atoms. The van der Waals surface area contributed by atoms with Gasteiger partial charge in [-0.3, -0.25) is 4.79 Å². The van der Waals surface area contributed by atoms with E-state index < -0.39 is 12.1 Å². The predicted octanol–water partition coefficient (Wildman–Crippen LogP) is 11.4. The Kier molecular flexibility index (Phi) is 30.1. The van der Waals surface area contributed by atoms with E-state index in [0.717, 1.165) is 25.2 Å². The van der Waals surface area contributed by atoms with Gasteiger partial charge in [0.2, 0.25) is 0 Å². The third-order valence-electron chi connectivity index (χ3n) is 8.47. The second-order valence-corrected chi connectivity index (χ2v) is 12.5. The number of unbranched alkanes of at least 4 members (excludes halogenated alkanes) is 20. The van der Waals surface area contributed by atoms with E-state index in [1.165, 1.54) is 161 Å². The first-order chi connectivity index (χ1) is 19.9. The summed E-state index contributed by atoms with van der Waals surface area (Å²) in [6.07, 6.45) is 30.1. The molecule has 0 aromatic rings. The number of carbonyl (C=O) groups excluding carboxylic acids is 1. The van der Waals surface area contributed by atoms with Crippen LogP contribution in [0.1, 0.15) is 187 Å². The van der Waals surface area contributed by atoms with Crippen molar-refractivity contribution >= 4 is 5.91 Å². The molecule has 0 rings (SSSR count). The van der Waals surface area contributed by atoms with Crippen LogP contribution in [0.4, 0.5) is 13.2 Å². The minimum atomic E-state index is -4.77. The highest BCUT2D eigenvalue weighted by molar-refractivity contribution is 5.81. The van der Waals surface area contributed by atoms with Gasteiger partial charge < -0.3 is 10.6 Å². The molecule has 0 aliphatic rings. The van der Waals surface area contributed by atoms with Crippen molar-refractivity contribution in [2.45, 2.75) is 193 Å². The molecule has 0 fully saturated rings. The zero-order chi connectivity index (χ0) is 30.3. The number of carbonyl (C=O) groups is 1. The van der Waals surface area contributed by atoms with E-state index in [9.17, 15) is 18.0 Å². The number of amides is 1. The number of nitrogens with one attached hydrogen (secondary N) is 2. The molecule has 0 heterocycles. The van der Waals surface area contributed by atoms with Crippen LogP contribution in [0.25, 0.3) is 0 Å². The fourth-order valence-electron chi connectivity index (χ4n) is 5.76. The maximum absolute atomic E-state index is 12.2. The standard InChI is InChI=1S/C35H69F3N2O/c1-3-5-7-9-11-12-18-24-30-39-31-25-19-13-16-22-28-33(27-21-15-10-8-6-4-2)29-23-17-14-20-26-32-40-34(41)35(36,37)38/h33,39H,3-32H2,1-2H3,(H,40,41). The van der Waals surface area contributed by atoms with Gasteiger partial charge in [-0.05, 0) is 38.3 Å². The maximum Gasteiger partial charge on any atom is 0.471 e. The van der Waals surface area contributed by atoms with Gasteiger partial charge in [0, 0.05) is 6.54 Å². The van der Waals surface area contributed by atoms with E-state index in [2.05, 4.69) is 19.2 Å². The van der Waals surface area contributed by atoms with E-state index in [0.29, 0.717) is 6.42 Å². The number of hydrogen-bond donors (Lipinski definition) is 2. The summed E-state index contributed by atoms with van der Waals surface area (Å²) in [4.78, 5) is 10.9. The lowest BCUT2D eigenvalue weighted by Crippen LogP contribution is -2.37. The normalized spacial score (nSPS) is 12.6. The van der Waals surface area contributed by atoms with Gasteiger partial charge in [0.15, 0.2) is 0 Å². The van der Waals surface area contributed by atoms with Crippen molar-refractivity contribution in [2.75, 3.05) is 19.6 Å². The van der Waals surface area contributed by atoms with Gasteiger partial charge in [-0.1, -0.05) is 168 Å². The average Bonchev–Trinajstić information content (AvgIpc) is 2.94. The fraction of sp³-hybridized carbons (Fsp3) is 0.971. The Morgan fingerprint density at radius 1 is 0.488 bits per heavy atom. The Labute approximate surface area is 253 Å². The van der Waals surface area contributed by atoms with Crippen LogP contribution >= 0.6 is 0 Å². The fourth-order valence-corrected chi connectivity index (χ4v) is 5.76. The quantitative estimate of drug-likeness (QED) is 0.0765. The number of hydrogen-bond acceptors (Lipinski definition) is 2. The molecule has 1 amide bonds. The molecule has 0 saturated heterocycles. The Balaban J connectivity index is 3.82. The number of halogens is 3. The first kappa shape index (κ1) is 40.2. The zero-order valence-corrected chi connectivity index (χ0v) is 27.3. The van der Waals surface area contributed by atoms with E-state index >= 15 is 0 Å². The molecule has 1 atom stereocenters. The van der Waals surface area contributed by atoms with Crippen LogP contribution in [-0.4, -0.2) is 31.7 Å². The van der Waals surface area contributed by atoms with Gasteiger partial charge in [-0.25, -0.2) is 0 Å². The highest BCUT2D eigenvalue weighted by Crippen LogP contribution is 2.24. The molecule has 0 aromatic carbocycles. The smallest absolute Gasteiger partial charge is 0.348 e. The summed E-state index contributed by atoms with van der Waals surface area (Å²) in [5.41, 5.74) is 0. The summed E-state index contributed by atoms with van der Waals surface area (Å²) in [6.45, 7) is 7.02. The highest BCUT2D eigenvalue weighted by Gasteiger charge is 2.38. The topological polar surface area (TPSA) is 41.1 Å². The monoisotopic (exact) mass is 591 g/mol. The lowest BCUT2D eigenvalue weighted by Gasteiger charge is -2.17. The molecule has 41 heavy (non-hydrogen) atoms. The van der Waals surface area contributed by atoms with Gasteiger partial charge in [-0.2, -0.15) is 13.2 Å². The van der Waals surface area contributed by atoms with Crippen LogP contribution < -0.4 is 10.6 Å². The van der Waals surface area contributed by atoms with Gasteiger partial charge >= 0.3 is 12.1 Å². The average molecular weight is 591 g/mol. The third kappa shape index (κ3) is 30.5. The summed E-state index contributed by atoms with van der Waals surface area (Å²) >= 11 is 0. The lowest BCUT2D eigenvalue weighted by atomic mass is 9.89. The van der Waals surface area contributed by atoms with E-state index in [1.54, 1.807) is 0 Å². The van der Waals surface area contributed by atoms with Crippen LogP contribution in [0.5, 0.6) is 0 Å². The Morgan fingerprint density at radius 3 is 1.17 bits per heavy atom. The first-order valence-electron chi connectivity index (χ1n) is 18.0. The van der Waals surface area contributed by atoms with E-state index in [1.807, 2.05) is 5.32 Å². The summed E-state index contributed by atoms with van der Waals surface area (Å²) < 4.78 is 36.7. The second kappa shape index (κ2) is 30.7. The van der Waals surface area contributed by atoms with Gasteiger partial charge in [0.05, 0.1) is 0 Å². The van der Waals surface area contributed by atoms with Crippen molar-refractivity contribution in [2.24, 2.45) is 5.92 Å². The van der Waals surface area contributed by atoms with Crippen molar-refractivity contribution < 1.29 is 18.0 Å². The molecule has 3 nitrogen and oxygen atoms in total. The van der Waals surface area contributed by atoms with Crippen LogP contribution in [0, 0.1) is 5.92 Å². The van der Waals surface area contributed by atoms with Gasteiger partial charge in [-0.15, -0.1) is 0 Å². The van der Waals surface area contributed by atoms with E-state index in [-0.39, 0.29) is 6.54 Å². The molecule has 0 aliphatic heterocycles. The third-order valence-corrected chi connectivity index (χ3v) is 8.47. The molecule has 246 valence electrons. The summed E-state index contributed by atoms with van der Waals surface area (Å²) in [7, 11) is 0. The second-order valence-electron chi connectivity index (χ2n) is 12.5. The Bertz CT molecular complexity index is 542. The van der Waals surface area contributed by atoms with Gasteiger partial charge in [0.25, 0.3) is 0 Å². The number of rotatable bonds is 32. The predicted molar refractivity (Wildman–Crippen MR) is 171 cm³/mol.